The summed E-state index contributed by atoms with van der Waals surface area (Å²) in [6.07, 6.45) is 0. The third kappa shape index (κ3) is 2.76. The van der Waals surface area contributed by atoms with Gasteiger partial charge in [0.2, 0.25) is 11.8 Å². The number of benzene rings is 2. The molecule has 2 amide bonds. The molecule has 2 aromatic rings. The molecule has 0 saturated carbocycles. The first kappa shape index (κ1) is 19.3. The number of aryl methyl sites for hydroxylation is 1. The lowest BCUT2D eigenvalue weighted by Gasteiger charge is -2.29. The molecule has 2 saturated heterocycles. The third-order valence-corrected chi connectivity index (χ3v) is 6.01. The first-order chi connectivity index (χ1) is 13.8. The minimum atomic E-state index is -1.37. The Kier molecular flexibility index (Phi) is 4.50. The van der Waals surface area contributed by atoms with Gasteiger partial charge in [-0.25, -0.2) is 9.29 Å². The molecule has 4 rings (SSSR count). The van der Waals surface area contributed by atoms with E-state index in [1.807, 2.05) is 31.2 Å². The fraction of sp³-hybridized carbons (Fsp3) is 0.318. The number of hydrogen-bond acceptors (Lipinski definition) is 5. The molecule has 2 heterocycles. The number of halogens is 1. The minimum absolute atomic E-state index is 0.284. The van der Waals surface area contributed by atoms with Crippen molar-refractivity contribution >= 4 is 23.5 Å². The highest BCUT2D eigenvalue weighted by atomic mass is 19.1. The average Bonchev–Trinajstić information content (AvgIpc) is 3.16. The normalized spacial score (nSPS) is 28.6. The number of carbonyl (C=O) groups is 3. The highest BCUT2D eigenvalue weighted by Gasteiger charge is 2.67. The summed E-state index contributed by atoms with van der Waals surface area (Å²) in [5.41, 5.74) is 0.704. The minimum Gasteiger partial charge on any atom is -0.468 e. The largest absolute Gasteiger partial charge is 0.468 e. The Morgan fingerprint density at radius 2 is 1.76 bits per heavy atom. The van der Waals surface area contributed by atoms with Crippen molar-refractivity contribution in [3.63, 3.8) is 0 Å². The highest BCUT2D eigenvalue weighted by molar-refractivity contribution is 6.24. The number of anilines is 1. The lowest BCUT2D eigenvalue weighted by molar-refractivity contribution is -0.151. The van der Waals surface area contributed by atoms with E-state index in [1.165, 1.54) is 31.4 Å². The van der Waals surface area contributed by atoms with Crippen LogP contribution in [-0.2, 0) is 19.1 Å². The summed E-state index contributed by atoms with van der Waals surface area (Å²) in [4.78, 5) is 40.5. The Bertz CT molecular complexity index is 1010. The van der Waals surface area contributed by atoms with Gasteiger partial charge in [-0.2, -0.15) is 0 Å². The number of fused-ring (bicyclic) bond motifs is 1. The van der Waals surface area contributed by atoms with Crippen molar-refractivity contribution in [2.75, 3.05) is 12.0 Å². The number of imide groups is 1. The molecular formula is C22H21FN2O4. The number of hydrogen-bond donors (Lipinski definition) is 1. The molecule has 0 unspecified atom stereocenters. The quantitative estimate of drug-likeness (QED) is 0.637. The Hall–Kier alpha value is -3.06. The van der Waals surface area contributed by atoms with Gasteiger partial charge in [0.15, 0.2) is 0 Å². The number of ether oxygens (including phenoxy) is 1. The van der Waals surface area contributed by atoms with Gasteiger partial charge in [-0.15, -0.1) is 0 Å². The summed E-state index contributed by atoms with van der Waals surface area (Å²) in [5, 5.41) is 3.22. The van der Waals surface area contributed by atoms with Gasteiger partial charge in [0, 0.05) is 6.04 Å². The molecule has 150 valence electrons. The van der Waals surface area contributed by atoms with E-state index in [9.17, 15) is 18.8 Å². The van der Waals surface area contributed by atoms with Crippen LogP contribution in [0.3, 0.4) is 0 Å². The number of carbonyl (C=O) groups excluding carboxylic acids is 3. The Labute approximate surface area is 167 Å². The van der Waals surface area contributed by atoms with E-state index in [1.54, 1.807) is 6.92 Å². The summed E-state index contributed by atoms with van der Waals surface area (Å²) in [6.45, 7) is 3.51. The van der Waals surface area contributed by atoms with E-state index in [-0.39, 0.29) is 5.69 Å². The predicted molar refractivity (Wildman–Crippen MR) is 103 cm³/mol. The molecule has 29 heavy (non-hydrogen) atoms. The van der Waals surface area contributed by atoms with Gasteiger partial charge in [0.05, 0.1) is 24.6 Å². The number of rotatable bonds is 3. The second-order valence-corrected chi connectivity index (χ2v) is 7.66. The molecule has 6 nitrogen and oxygen atoms in total. The molecule has 2 aliphatic rings. The maximum absolute atomic E-state index is 13.4. The SMILES string of the molecule is COC(=O)[C@]1(C)N[C@H](c2ccccc2C)[C@@H]2C(=O)N(c3ccc(F)cc3)C(=O)[C@@H]21. The van der Waals surface area contributed by atoms with Crippen LogP contribution in [0, 0.1) is 24.6 Å². The van der Waals surface area contributed by atoms with Crippen molar-refractivity contribution in [2.45, 2.75) is 25.4 Å². The van der Waals surface area contributed by atoms with Crippen LogP contribution in [0.1, 0.15) is 24.1 Å². The molecule has 0 bridgehead atoms. The van der Waals surface area contributed by atoms with Crippen LogP contribution in [0.25, 0.3) is 0 Å². The lowest BCUT2D eigenvalue weighted by Crippen LogP contribution is -2.54. The zero-order valence-electron chi connectivity index (χ0n) is 16.3. The Balaban J connectivity index is 1.84. The predicted octanol–water partition coefficient (Wildman–Crippen LogP) is 2.52. The van der Waals surface area contributed by atoms with Gasteiger partial charge < -0.3 is 4.74 Å². The van der Waals surface area contributed by atoms with E-state index in [4.69, 9.17) is 4.74 Å². The van der Waals surface area contributed by atoms with Crippen molar-refractivity contribution in [1.82, 2.24) is 5.32 Å². The Morgan fingerprint density at radius 3 is 2.38 bits per heavy atom. The number of esters is 1. The topological polar surface area (TPSA) is 75.7 Å². The second-order valence-electron chi connectivity index (χ2n) is 7.66. The monoisotopic (exact) mass is 396 g/mol. The van der Waals surface area contributed by atoms with Crippen LogP contribution in [-0.4, -0.2) is 30.4 Å². The molecule has 0 aliphatic carbocycles. The zero-order valence-corrected chi connectivity index (χ0v) is 16.3. The second kappa shape index (κ2) is 6.77. The van der Waals surface area contributed by atoms with Gasteiger partial charge in [0.25, 0.3) is 0 Å². The van der Waals surface area contributed by atoms with Crippen LogP contribution in [0.5, 0.6) is 0 Å². The van der Waals surface area contributed by atoms with Gasteiger partial charge in [-0.1, -0.05) is 24.3 Å². The standard InChI is InChI=1S/C22H21FN2O4/c1-12-6-4-5-7-15(12)18-16-17(22(2,24-18)21(28)29-3)20(27)25(19(16)26)14-10-8-13(23)9-11-14/h4-11,16-18,24H,1-3H3/t16-,17-,18-,22-/m1/s1. The van der Waals surface area contributed by atoms with Crippen LogP contribution in [0.2, 0.25) is 0 Å². The molecule has 0 spiro atoms. The summed E-state index contributed by atoms with van der Waals surface area (Å²) in [6, 6.07) is 12.2. The first-order valence-corrected chi connectivity index (χ1v) is 9.34. The van der Waals surface area contributed by atoms with E-state index in [0.717, 1.165) is 16.0 Å². The molecule has 1 N–H and O–H groups in total. The van der Waals surface area contributed by atoms with Gasteiger partial charge in [-0.05, 0) is 49.2 Å². The van der Waals surface area contributed by atoms with Crippen molar-refractivity contribution in [1.29, 1.82) is 0 Å². The van der Waals surface area contributed by atoms with Gasteiger partial charge >= 0.3 is 5.97 Å². The lowest BCUT2D eigenvalue weighted by atomic mass is 9.80. The van der Waals surface area contributed by atoms with E-state index in [0.29, 0.717) is 0 Å². The van der Waals surface area contributed by atoms with E-state index < -0.39 is 47.0 Å². The molecule has 2 aliphatic heterocycles. The van der Waals surface area contributed by atoms with Crippen LogP contribution in [0.4, 0.5) is 10.1 Å². The third-order valence-electron chi connectivity index (χ3n) is 6.01. The van der Waals surface area contributed by atoms with Gasteiger partial charge in [-0.3, -0.25) is 19.7 Å². The van der Waals surface area contributed by atoms with Crippen molar-refractivity contribution < 1.29 is 23.5 Å². The van der Waals surface area contributed by atoms with Crippen molar-refractivity contribution in [3.05, 3.63) is 65.5 Å². The fourth-order valence-electron chi connectivity index (χ4n) is 4.59. The van der Waals surface area contributed by atoms with Gasteiger partial charge in [0.1, 0.15) is 11.4 Å². The van der Waals surface area contributed by atoms with E-state index in [2.05, 4.69) is 5.32 Å². The van der Waals surface area contributed by atoms with Crippen LogP contribution < -0.4 is 10.2 Å². The summed E-state index contributed by atoms with van der Waals surface area (Å²) >= 11 is 0. The number of nitrogens with zero attached hydrogens (tertiary/aromatic N) is 1. The average molecular weight is 396 g/mol. The first-order valence-electron chi connectivity index (χ1n) is 9.34. The molecule has 0 aromatic heterocycles. The maximum Gasteiger partial charge on any atom is 0.326 e. The summed E-state index contributed by atoms with van der Waals surface area (Å²) < 4.78 is 18.3. The summed E-state index contributed by atoms with van der Waals surface area (Å²) in [5.74, 6) is -3.70. The molecule has 7 heteroatoms. The number of amides is 2. The molecule has 4 atom stereocenters. The number of methoxy groups -OCH3 is 1. The van der Waals surface area contributed by atoms with Crippen LogP contribution in [0.15, 0.2) is 48.5 Å². The number of nitrogens with one attached hydrogen (secondary N) is 1. The maximum atomic E-state index is 13.4. The molecule has 2 aromatic carbocycles. The van der Waals surface area contributed by atoms with Crippen molar-refractivity contribution in [3.8, 4) is 0 Å². The molecule has 0 radical (unpaired) electrons. The molecular weight excluding hydrogens is 375 g/mol. The smallest absolute Gasteiger partial charge is 0.326 e. The fourth-order valence-corrected chi connectivity index (χ4v) is 4.59. The van der Waals surface area contributed by atoms with E-state index >= 15 is 0 Å². The molecule has 2 fully saturated rings. The van der Waals surface area contributed by atoms with Crippen molar-refractivity contribution in [2.24, 2.45) is 11.8 Å². The highest BCUT2D eigenvalue weighted by Crippen LogP contribution is 2.50. The zero-order chi connectivity index (χ0) is 20.9. The summed E-state index contributed by atoms with van der Waals surface area (Å²) in [7, 11) is 1.25. The Morgan fingerprint density at radius 1 is 1.10 bits per heavy atom. The van der Waals surface area contributed by atoms with Crippen LogP contribution >= 0.6 is 0 Å².